The van der Waals surface area contributed by atoms with Crippen molar-refractivity contribution in [2.24, 2.45) is 13.0 Å². The number of nitrogen functional groups attached to an aromatic ring is 1. The molecule has 1 aliphatic carbocycles. The molecule has 0 amide bonds. The van der Waals surface area contributed by atoms with Crippen LogP contribution in [-0.2, 0) is 7.05 Å². The molecule has 0 unspecified atom stereocenters. The average Bonchev–Trinajstić information content (AvgIpc) is 2.49. The third-order valence-electron chi connectivity index (χ3n) is 3.42. The van der Waals surface area contributed by atoms with Gasteiger partial charge in [-0.25, -0.2) is 0 Å². The Kier molecular flexibility index (Phi) is 2.48. The first-order chi connectivity index (χ1) is 6.68. The first kappa shape index (κ1) is 9.56. The highest BCUT2D eigenvalue weighted by Gasteiger charge is 2.23. The van der Waals surface area contributed by atoms with E-state index in [0.717, 1.165) is 11.6 Å². The monoisotopic (exact) mass is 193 g/mol. The molecule has 1 aliphatic rings. The highest BCUT2D eigenvalue weighted by atomic mass is 15.3. The first-order valence-corrected chi connectivity index (χ1v) is 5.46. The van der Waals surface area contributed by atoms with Gasteiger partial charge < -0.3 is 5.73 Å². The lowest BCUT2D eigenvalue weighted by atomic mass is 9.81. The Labute approximate surface area is 85.3 Å². The van der Waals surface area contributed by atoms with E-state index in [1.807, 2.05) is 11.7 Å². The summed E-state index contributed by atoms with van der Waals surface area (Å²) in [5.74, 6) is 1.53. The Hall–Kier alpha value is -0.990. The number of rotatable bonds is 1. The molecule has 1 aromatic rings. The van der Waals surface area contributed by atoms with Gasteiger partial charge in [-0.1, -0.05) is 19.8 Å². The molecule has 78 valence electrons. The number of hydrogen-bond donors (Lipinski definition) is 1. The van der Waals surface area contributed by atoms with Crippen LogP contribution in [0.4, 0.5) is 5.69 Å². The van der Waals surface area contributed by atoms with Crippen LogP contribution in [0.2, 0.25) is 0 Å². The fraction of sp³-hybridized carbons (Fsp3) is 0.727. The molecule has 0 saturated heterocycles. The maximum absolute atomic E-state index is 5.92. The summed E-state index contributed by atoms with van der Waals surface area (Å²) < 4.78 is 1.94. The lowest BCUT2D eigenvalue weighted by Gasteiger charge is -2.26. The average molecular weight is 193 g/mol. The van der Waals surface area contributed by atoms with Crippen molar-refractivity contribution in [3.05, 3.63) is 11.9 Å². The molecular formula is C11H19N3. The minimum Gasteiger partial charge on any atom is -0.396 e. The van der Waals surface area contributed by atoms with Gasteiger partial charge in [-0.15, -0.1) is 0 Å². The molecule has 0 aliphatic heterocycles. The van der Waals surface area contributed by atoms with Crippen LogP contribution >= 0.6 is 0 Å². The minimum absolute atomic E-state index is 0.638. The predicted molar refractivity (Wildman–Crippen MR) is 58.0 cm³/mol. The molecule has 1 fully saturated rings. The number of aryl methyl sites for hydroxylation is 1. The van der Waals surface area contributed by atoms with E-state index in [2.05, 4.69) is 12.0 Å². The summed E-state index contributed by atoms with van der Waals surface area (Å²) in [5.41, 5.74) is 8.04. The lowest BCUT2D eigenvalue weighted by Crippen LogP contribution is -2.15. The van der Waals surface area contributed by atoms with E-state index >= 15 is 0 Å². The van der Waals surface area contributed by atoms with Crippen LogP contribution in [-0.4, -0.2) is 9.78 Å². The van der Waals surface area contributed by atoms with E-state index in [9.17, 15) is 0 Å². The largest absolute Gasteiger partial charge is 0.396 e. The van der Waals surface area contributed by atoms with Crippen molar-refractivity contribution in [2.45, 2.75) is 38.5 Å². The second kappa shape index (κ2) is 3.64. The summed E-state index contributed by atoms with van der Waals surface area (Å²) in [6.45, 7) is 2.34. The Morgan fingerprint density at radius 3 is 2.50 bits per heavy atom. The van der Waals surface area contributed by atoms with Gasteiger partial charge in [0.2, 0.25) is 0 Å². The molecule has 2 rings (SSSR count). The van der Waals surface area contributed by atoms with Crippen molar-refractivity contribution in [1.82, 2.24) is 9.78 Å². The summed E-state index contributed by atoms with van der Waals surface area (Å²) in [5, 5.41) is 4.20. The van der Waals surface area contributed by atoms with Crippen LogP contribution in [0.3, 0.4) is 0 Å². The summed E-state index contributed by atoms with van der Waals surface area (Å²) in [6.07, 6.45) is 6.97. The van der Waals surface area contributed by atoms with Gasteiger partial charge in [0.25, 0.3) is 0 Å². The summed E-state index contributed by atoms with van der Waals surface area (Å²) in [7, 11) is 1.99. The van der Waals surface area contributed by atoms with Gasteiger partial charge in [0.15, 0.2) is 0 Å². The maximum atomic E-state index is 5.92. The second-order valence-electron chi connectivity index (χ2n) is 4.57. The second-order valence-corrected chi connectivity index (χ2v) is 4.57. The summed E-state index contributed by atoms with van der Waals surface area (Å²) in [6, 6.07) is 0. The van der Waals surface area contributed by atoms with Crippen molar-refractivity contribution in [3.8, 4) is 0 Å². The zero-order valence-electron chi connectivity index (χ0n) is 9.03. The molecular weight excluding hydrogens is 174 g/mol. The molecule has 0 bridgehead atoms. The normalized spacial score (nSPS) is 27.9. The van der Waals surface area contributed by atoms with Gasteiger partial charge >= 0.3 is 0 Å². The number of nitrogens with two attached hydrogens (primary N) is 1. The Morgan fingerprint density at radius 2 is 2.00 bits per heavy atom. The van der Waals surface area contributed by atoms with E-state index in [4.69, 9.17) is 5.73 Å². The molecule has 0 aromatic carbocycles. The first-order valence-electron chi connectivity index (χ1n) is 5.46. The van der Waals surface area contributed by atoms with Crippen LogP contribution in [0.5, 0.6) is 0 Å². The molecule has 3 nitrogen and oxygen atoms in total. The molecule has 0 spiro atoms. The molecule has 3 heteroatoms. The van der Waals surface area contributed by atoms with Crippen LogP contribution in [0.25, 0.3) is 0 Å². The number of aromatic nitrogens is 2. The smallest absolute Gasteiger partial charge is 0.0735 e. The molecule has 1 saturated carbocycles. The molecule has 1 heterocycles. The molecule has 2 N–H and O–H groups in total. The molecule has 0 atom stereocenters. The van der Waals surface area contributed by atoms with Gasteiger partial charge in [0, 0.05) is 13.0 Å². The zero-order chi connectivity index (χ0) is 10.1. The molecule has 1 aromatic heterocycles. The number of anilines is 1. The maximum Gasteiger partial charge on any atom is 0.0735 e. The Balaban J connectivity index is 2.15. The van der Waals surface area contributed by atoms with Crippen LogP contribution in [0.1, 0.15) is 44.2 Å². The lowest BCUT2D eigenvalue weighted by molar-refractivity contribution is 0.339. The van der Waals surface area contributed by atoms with Crippen molar-refractivity contribution in [2.75, 3.05) is 5.73 Å². The third kappa shape index (κ3) is 1.63. The topological polar surface area (TPSA) is 43.8 Å². The minimum atomic E-state index is 0.638. The fourth-order valence-electron chi connectivity index (χ4n) is 2.50. The molecule has 0 radical (unpaired) electrons. The van der Waals surface area contributed by atoms with Crippen molar-refractivity contribution in [3.63, 3.8) is 0 Å². The zero-order valence-corrected chi connectivity index (χ0v) is 9.03. The fourth-order valence-corrected chi connectivity index (χ4v) is 2.50. The highest BCUT2D eigenvalue weighted by Crippen LogP contribution is 2.37. The van der Waals surface area contributed by atoms with Gasteiger partial charge in [-0.2, -0.15) is 5.10 Å². The standard InChI is InChI=1S/C11H19N3/c1-8-3-5-9(6-4-8)11-10(12)7-13-14(11)2/h7-9H,3-6,12H2,1-2H3. The number of nitrogens with zero attached hydrogens (tertiary/aromatic N) is 2. The summed E-state index contributed by atoms with van der Waals surface area (Å²) >= 11 is 0. The SMILES string of the molecule is CC1CCC(c2c(N)cnn2C)CC1. The molecule has 14 heavy (non-hydrogen) atoms. The van der Waals surface area contributed by atoms with E-state index in [1.54, 1.807) is 6.20 Å². The van der Waals surface area contributed by atoms with Crippen LogP contribution in [0.15, 0.2) is 6.20 Å². The van der Waals surface area contributed by atoms with Gasteiger partial charge in [-0.3, -0.25) is 4.68 Å². The van der Waals surface area contributed by atoms with E-state index < -0.39 is 0 Å². The Morgan fingerprint density at radius 1 is 1.36 bits per heavy atom. The van der Waals surface area contributed by atoms with E-state index in [1.165, 1.54) is 31.4 Å². The quantitative estimate of drug-likeness (QED) is 0.743. The van der Waals surface area contributed by atoms with E-state index in [-0.39, 0.29) is 0 Å². The van der Waals surface area contributed by atoms with Crippen molar-refractivity contribution < 1.29 is 0 Å². The predicted octanol–water partition coefficient (Wildman–Crippen LogP) is 2.30. The van der Waals surface area contributed by atoms with E-state index in [0.29, 0.717) is 5.92 Å². The Bertz CT molecular complexity index is 289. The van der Waals surface area contributed by atoms with Crippen molar-refractivity contribution >= 4 is 5.69 Å². The number of hydrogen-bond acceptors (Lipinski definition) is 2. The van der Waals surface area contributed by atoms with Gasteiger partial charge in [-0.05, 0) is 18.8 Å². The van der Waals surface area contributed by atoms with Crippen molar-refractivity contribution in [1.29, 1.82) is 0 Å². The van der Waals surface area contributed by atoms with Gasteiger partial charge in [0.05, 0.1) is 17.6 Å². The highest BCUT2D eigenvalue weighted by molar-refractivity contribution is 5.43. The third-order valence-corrected chi connectivity index (χ3v) is 3.42. The van der Waals surface area contributed by atoms with Crippen LogP contribution < -0.4 is 5.73 Å². The van der Waals surface area contributed by atoms with Crippen LogP contribution in [0, 0.1) is 5.92 Å². The summed E-state index contributed by atoms with van der Waals surface area (Å²) in [4.78, 5) is 0. The van der Waals surface area contributed by atoms with Gasteiger partial charge in [0.1, 0.15) is 0 Å².